The summed E-state index contributed by atoms with van der Waals surface area (Å²) in [4.78, 5) is 26.6. The molecule has 136 valence electrons. The molecule has 2 rings (SSSR count). The van der Waals surface area contributed by atoms with E-state index >= 15 is 0 Å². The number of hydrogen-bond acceptors (Lipinski definition) is 4. The van der Waals surface area contributed by atoms with E-state index in [1.807, 2.05) is 52.0 Å². The van der Waals surface area contributed by atoms with Gasteiger partial charge < -0.3 is 15.0 Å². The smallest absolute Gasteiger partial charge is 0.247 e. The molecule has 0 aliphatic carbocycles. The highest BCUT2D eigenvalue weighted by Gasteiger charge is 2.35. The minimum atomic E-state index is -0.427. The number of hydrogen-bond donors (Lipinski definition) is 1. The lowest BCUT2D eigenvalue weighted by molar-refractivity contribution is -0.135. The van der Waals surface area contributed by atoms with Crippen LogP contribution in [0.25, 0.3) is 6.08 Å². The van der Waals surface area contributed by atoms with Gasteiger partial charge in [-0.15, -0.1) is 11.8 Å². The lowest BCUT2D eigenvalue weighted by Gasteiger charge is -2.27. The molecule has 5 nitrogen and oxygen atoms in total. The Morgan fingerprint density at radius 2 is 2.08 bits per heavy atom. The van der Waals surface area contributed by atoms with Gasteiger partial charge in [0.1, 0.15) is 11.8 Å². The molecule has 25 heavy (non-hydrogen) atoms. The Kier molecular flexibility index (Phi) is 6.53. The number of amides is 2. The van der Waals surface area contributed by atoms with E-state index in [0.29, 0.717) is 18.2 Å². The molecule has 1 aromatic carbocycles. The molecule has 1 saturated heterocycles. The number of nitrogens with one attached hydrogen (secondary N) is 1. The van der Waals surface area contributed by atoms with Gasteiger partial charge >= 0.3 is 0 Å². The van der Waals surface area contributed by atoms with Crippen molar-refractivity contribution in [2.45, 2.75) is 39.3 Å². The Labute approximate surface area is 153 Å². The highest BCUT2D eigenvalue weighted by molar-refractivity contribution is 7.99. The van der Waals surface area contributed by atoms with Crippen molar-refractivity contribution in [2.24, 2.45) is 0 Å². The van der Waals surface area contributed by atoms with Gasteiger partial charge in [0.05, 0.1) is 12.5 Å². The number of rotatable bonds is 5. The molecule has 0 radical (unpaired) electrons. The van der Waals surface area contributed by atoms with Crippen LogP contribution in [0.15, 0.2) is 30.3 Å². The van der Waals surface area contributed by atoms with Crippen LogP contribution in [-0.4, -0.2) is 46.5 Å². The number of carbonyl (C=O) groups excluding carboxylic acids is 2. The summed E-state index contributed by atoms with van der Waals surface area (Å²) < 4.78 is 5.56. The van der Waals surface area contributed by atoms with E-state index < -0.39 is 6.04 Å². The average molecular weight is 362 g/mol. The van der Waals surface area contributed by atoms with E-state index in [4.69, 9.17) is 4.74 Å². The van der Waals surface area contributed by atoms with E-state index in [1.165, 1.54) is 6.08 Å². The third-order valence-electron chi connectivity index (χ3n) is 3.59. The van der Waals surface area contributed by atoms with Crippen LogP contribution in [0.4, 0.5) is 0 Å². The Morgan fingerprint density at radius 3 is 2.76 bits per heavy atom. The number of para-hydroxylation sites is 1. The van der Waals surface area contributed by atoms with Gasteiger partial charge in [-0.05, 0) is 39.8 Å². The molecule has 0 saturated carbocycles. The third-order valence-corrected chi connectivity index (χ3v) is 4.60. The number of ether oxygens (including phenoxy) is 1. The first-order valence-electron chi connectivity index (χ1n) is 8.42. The maximum absolute atomic E-state index is 12.6. The number of benzene rings is 1. The summed E-state index contributed by atoms with van der Waals surface area (Å²) in [7, 11) is 0. The SMILES string of the molecule is CCOc1ccccc1/C=C/C(=O)N1CSCC1C(=O)NC(C)(C)C. The lowest BCUT2D eigenvalue weighted by atomic mass is 10.1. The Hall–Kier alpha value is -1.95. The zero-order valence-electron chi connectivity index (χ0n) is 15.2. The van der Waals surface area contributed by atoms with E-state index in [1.54, 1.807) is 22.7 Å². The maximum Gasteiger partial charge on any atom is 0.247 e. The average Bonchev–Trinajstić information content (AvgIpc) is 3.02. The van der Waals surface area contributed by atoms with Crippen molar-refractivity contribution in [3.8, 4) is 5.75 Å². The first-order valence-corrected chi connectivity index (χ1v) is 9.57. The summed E-state index contributed by atoms with van der Waals surface area (Å²) in [5, 5.41) is 2.96. The van der Waals surface area contributed by atoms with Crippen LogP contribution >= 0.6 is 11.8 Å². The normalized spacial score (nSPS) is 17.8. The monoisotopic (exact) mass is 362 g/mol. The Bertz CT molecular complexity index is 652. The van der Waals surface area contributed by atoms with Gasteiger partial charge in [-0.2, -0.15) is 0 Å². The second-order valence-electron chi connectivity index (χ2n) is 6.87. The summed E-state index contributed by atoms with van der Waals surface area (Å²) in [5.74, 6) is 1.63. The molecule has 1 unspecified atom stereocenters. The summed E-state index contributed by atoms with van der Waals surface area (Å²) in [6.07, 6.45) is 3.26. The fourth-order valence-electron chi connectivity index (χ4n) is 2.49. The van der Waals surface area contributed by atoms with Gasteiger partial charge in [-0.1, -0.05) is 18.2 Å². The molecule has 1 aromatic rings. The van der Waals surface area contributed by atoms with Crippen LogP contribution in [0.3, 0.4) is 0 Å². The summed E-state index contributed by atoms with van der Waals surface area (Å²) in [6.45, 7) is 8.29. The number of nitrogens with zero attached hydrogens (tertiary/aromatic N) is 1. The standard InChI is InChI=1S/C19H26N2O3S/c1-5-24-16-9-7-6-8-14(16)10-11-17(22)21-13-25-12-15(21)18(23)20-19(2,3)4/h6-11,15H,5,12-13H2,1-4H3,(H,20,23)/b11-10+. The van der Waals surface area contributed by atoms with Crippen molar-refractivity contribution in [3.63, 3.8) is 0 Å². The summed E-state index contributed by atoms with van der Waals surface area (Å²) in [5.41, 5.74) is 0.533. The highest BCUT2D eigenvalue weighted by atomic mass is 32.2. The number of thioether (sulfide) groups is 1. The van der Waals surface area contributed by atoms with Gasteiger partial charge in [-0.25, -0.2) is 0 Å². The van der Waals surface area contributed by atoms with E-state index in [9.17, 15) is 9.59 Å². The van der Waals surface area contributed by atoms with Crippen molar-refractivity contribution >= 4 is 29.7 Å². The minimum absolute atomic E-state index is 0.103. The molecule has 1 fully saturated rings. The van der Waals surface area contributed by atoms with Crippen LogP contribution in [-0.2, 0) is 9.59 Å². The fourth-order valence-corrected chi connectivity index (χ4v) is 3.66. The topological polar surface area (TPSA) is 58.6 Å². The molecule has 0 aromatic heterocycles. The first-order chi connectivity index (χ1) is 11.8. The first kappa shape index (κ1) is 19.4. The van der Waals surface area contributed by atoms with Crippen LogP contribution < -0.4 is 10.1 Å². The summed E-state index contributed by atoms with van der Waals surface area (Å²) >= 11 is 1.59. The molecule has 1 heterocycles. The molecule has 6 heteroatoms. The predicted molar refractivity (Wildman–Crippen MR) is 102 cm³/mol. The van der Waals surface area contributed by atoms with E-state index in [-0.39, 0.29) is 17.4 Å². The molecule has 1 N–H and O–H groups in total. The highest BCUT2D eigenvalue weighted by Crippen LogP contribution is 2.23. The zero-order valence-corrected chi connectivity index (χ0v) is 16.1. The predicted octanol–water partition coefficient (Wildman–Crippen LogP) is 2.91. The zero-order chi connectivity index (χ0) is 18.4. The van der Waals surface area contributed by atoms with Crippen LogP contribution in [0.1, 0.15) is 33.3 Å². The molecule has 0 bridgehead atoms. The van der Waals surface area contributed by atoms with Crippen LogP contribution in [0, 0.1) is 0 Å². The van der Waals surface area contributed by atoms with Crippen molar-refractivity contribution in [3.05, 3.63) is 35.9 Å². The van der Waals surface area contributed by atoms with Gasteiger partial charge in [-0.3, -0.25) is 9.59 Å². The van der Waals surface area contributed by atoms with Crippen LogP contribution in [0.5, 0.6) is 5.75 Å². The fraction of sp³-hybridized carbons (Fsp3) is 0.474. The lowest BCUT2D eigenvalue weighted by Crippen LogP contribution is -2.52. The quantitative estimate of drug-likeness (QED) is 0.818. The molecule has 0 spiro atoms. The van der Waals surface area contributed by atoms with E-state index in [2.05, 4.69) is 5.32 Å². The van der Waals surface area contributed by atoms with E-state index in [0.717, 1.165) is 11.3 Å². The number of carbonyl (C=O) groups is 2. The van der Waals surface area contributed by atoms with Crippen molar-refractivity contribution in [2.75, 3.05) is 18.2 Å². The van der Waals surface area contributed by atoms with Gasteiger partial charge in [0.25, 0.3) is 0 Å². The molecule has 1 atom stereocenters. The molecular weight excluding hydrogens is 336 g/mol. The summed E-state index contributed by atoms with van der Waals surface area (Å²) in [6, 6.07) is 7.14. The third kappa shape index (κ3) is 5.53. The van der Waals surface area contributed by atoms with Crippen molar-refractivity contribution in [1.29, 1.82) is 0 Å². The Balaban J connectivity index is 2.08. The van der Waals surface area contributed by atoms with Crippen molar-refractivity contribution in [1.82, 2.24) is 10.2 Å². The Morgan fingerprint density at radius 1 is 1.36 bits per heavy atom. The van der Waals surface area contributed by atoms with Gasteiger partial charge in [0.2, 0.25) is 11.8 Å². The second kappa shape index (κ2) is 8.43. The largest absolute Gasteiger partial charge is 0.493 e. The minimum Gasteiger partial charge on any atom is -0.493 e. The molecule has 1 aliphatic heterocycles. The second-order valence-corrected chi connectivity index (χ2v) is 7.87. The maximum atomic E-state index is 12.6. The molecule has 1 aliphatic rings. The van der Waals surface area contributed by atoms with Crippen LogP contribution in [0.2, 0.25) is 0 Å². The molecular formula is C19H26N2O3S. The molecule has 2 amide bonds. The van der Waals surface area contributed by atoms with Crippen molar-refractivity contribution < 1.29 is 14.3 Å². The van der Waals surface area contributed by atoms with Gasteiger partial charge in [0.15, 0.2) is 0 Å². The van der Waals surface area contributed by atoms with Gasteiger partial charge in [0, 0.05) is 22.9 Å².